The van der Waals surface area contributed by atoms with Crippen LogP contribution in [-0.4, -0.2) is 45.0 Å². The summed E-state index contributed by atoms with van der Waals surface area (Å²) in [4.78, 5) is 68.5. The summed E-state index contributed by atoms with van der Waals surface area (Å²) >= 11 is 0. The number of nitrogens with one attached hydrogen (secondary N) is 3. The van der Waals surface area contributed by atoms with Crippen LogP contribution in [0.3, 0.4) is 0 Å². The topological polar surface area (TPSA) is 150 Å². The third kappa shape index (κ3) is 7.31. The molecule has 1 aliphatic rings. The first-order valence-electron chi connectivity index (χ1n) is 14.9. The molecule has 4 aromatic rings. The van der Waals surface area contributed by atoms with E-state index < -0.39 is 35.2 Å². The van der Waals surface area contributed by atoms with Gasteiger partial charge in [0.1, 0.15) is 12.1 Å². The molecule has 1 saturated carbocycles. The molecule has 1 heterocycles. The lowest BCUT2D eigenvalue weighted by Crippen LogP contribution is -2.53. The second kappa shape index (κ2) is 14.0. The minimum Gasteiger partial charge on any atom is -0.481 e. The summed E-state index contributed by atoms with van der Waals surface area (Å²) < 4.78 is 0.934. The standard InChI is InChI=1S/C34H36N4O6/c39-30(35-21-24-15-17-25(18-16-24)33(42)43)28(19-22-9-3-1-4-10-22)36-31(40)29(20-23-11-5-2-6-12-23)38-32(41)26-13-7-8-14-27(26)37-34(38)44/h1-14,24-25,28-29H,15-21H2,(H,35,39)(H,36,40)(H,37,44)(H,42,43)/t24?,25?,28-,29-/m0/s1. The predicted molar refractivity (Wildman–Crippen MR) is 166 cm³/mol. The molecular formula is C34H36N4O6. The van der Waals surface area contributed by atoms with Crippen molar-refractivity contribution >= 4 is 28.7 Å². The smallest absolute Gasteiger partial charge is 0.329 e. The van der Waals surface area contributed by atoms with Crippen LogP contribution in [0.5, 0.6) is 0 Å². The number of aromatic amines is 1. The van der Waals surface area contributed by atoms with Gasteiger partial charge in [0, 0.05) is 19.4 Å². The van der Waals surface area contributed by atoms with Gasteiger partial charge in [-0.15, -0.1) is 0 Å². The van der Waals surface area contributed by atoms with E-state index in [0.29, 0.717) is 37.7 Å². The summed E-state index contributed by atoms with van der Waals surface area (Å²) in [6, 6.07) is 22.8. The molecule has 228 valence electrons. The maximum atomic E-state index is 14.0. The van der Waals surface area contributed by atoms with Crippen molar-refractivity contribution in [2.45, 2.75) is 50.6 Å². The van der Waals surface area contributed by atoms with Crippen LogP contribution in [0, 0.1) is 11.8 Å². The van der Waals surface area contributed by atoms with Crippen molar-refractivity contribution in [2.75, 3.05) is 6.54 Å². The van der Waals surface area contributed by atoms with Gasteiger partial charge in [0.15, 0.2) is 0 Å². The fourth-order valence-electron chi connectivity index (χ4n) is 5.91. The van der Waals surface area contributed by atoms with Crippen LogP contribution in [0.1, 0.15) is 42.9 Å². The Morgan fingerprint density at radius 3 is 2.02 bits per heavy atom. The van der Waals surface area contributed by atoms with E-state index >= 15 is 0 Å². The second-order valence-electron chi connectivity index (χ2n) is 11.4. The Hall–Kier alpha value is -4.99. The predicted octanol–water partition coefficient (Wildman–Crippen LogP) is 3.21. The molecule has 2 amide bonds. The lowest BCUT2D eigenvalue weighted by Gasteiger charge is -2.27. The monoisotopic (exact) mass is 596 g/mol. The number of hydrogen-bond donors (Lipinski definition) is 4. The normalized spacial score (nSPS) is 17.8. The van der Waals surface area contributed by atoms with Gasteiger partial charge in [0.25, 0.3) is 5.56 Å². The van der Waals surface area contributed by atoms with Crippen LogP contribution in [0.25, 0.3) is 10.9 Å². The fourth-order valence-corrected chi connectivity index (χ4v) is 5.91. The average Bonchev–Trinajstić information content (AvgIpc) is 3.04. The number of nitrogens with zero attached hydrogens (tertiary/aromatic N) is 1. The van der Waals surface area contributed by atoms with Gasteiger partial charge in [-0.05, 0) is 54.9 Å². The van der Waals surface area contributed by atoms with E-state index in [1.54, 1.807) is 24.3 Å². The number of benzene rings is 3. The number of carboxylic acids is 1. The van der Waals surface area contributed by atoms with Gasteiger partial charge in [0.05, 0.1) is 16.8 Å². The van der Waals surface area contributed by atoms with Crippen molar-refractivity contribution < 1.29 is 19.5 Å². The zero-order valence-corrected chi connectivity index (χ0v) is 24.3. The maximum absolute atomic E-state index is 14.0. The maximum Gasteiger partial charge on any atom is 0.329 e. The highest BCUT2D eigenvalue weighted by molar-refractivity contribution is 5.89. The van der Waals surface area contributed by atoms with Crippen LogP contribution < -0.4 is 21.9 Å². The van der Waals surface area contributed by atoms with Crippen LogP contribution in [-0.2, 0) is 27.2 Å². The number of carbonyl (C=O) groups is 3. The Morgan fingerprint density at radius 1 is 0.795 bits per heavy atom. The van der Waals surface area contributed by atoms with Gasteiger partial charge in [-0.3, -0.25) is 19.2 Å². The van der Waals surface area contributed by atoms with E-state index in [-0.39, 0.29) is 36.0 Å². The average molecular weight is 597 g/mol. The summed E-state index contributed by atoms with van der Waals surface area (Å²) in [5.41, 5.74) is 0.631. The highest BCUT2D eigenvalue weighted by atomic mass is 16.4. The number of carbonyl (C=O) groups excluding carboxylic acids is 2. The van der Waals surface area contributed by atoms with E-state index in [0.717, 1.165) is 15.7 Å². The summed E-state index contributed by atoms with van der Waals surface area (Å²) in [5, 5.41) is 15.4. The van der Waals surface area contributed by atoms with E-state index in [1.165, 1.54) is 0 Å². The molecule has 3 aromatic carbocycles. The van der Waals surface area contributed by atoms with Gasteiger partial charge in [-0.25, -0.2) is 9.36 Å². The first-order chi connectivity index (χ1) is 21.3. The molecule has 1 aromatic heterocycles. The number of aliphatic carboxylic acids is 1. The van der Waals surface area contributed by atoms with Crippen molar-refractivity contribution in [2.24, 2.45) is 11.8 Å². The van der Waals surface area contributed by atoms with Gasteiger partial charge in [-0.1, -0.05) is 72.8 Å². The molecule has 10 nitrogen and oxygen atoms in total. The summed E-state index contributed by atoms with van der Waals surface area (Å²) in [6.07, 6.45) is 2.78. The quantitative estimate of drug-likeness (QED) is 0.209. The Morgan fingerprint density at radius 2 is 1.39 bits per heavy atom. The molecule has 1 fully saturated rings. The molecule has 0 radical (unpaired) electrons. The molecule has 0 unspecified atom stereocenters. The van der Waals surface area contributed by atoms with Crippen molar-refractivity contribution in [1.29, 1.82) is 0 Å². The summed E-state index contributed by atoms with van der Waals surface area (Å²) in [7, 11) is 0. The van der Waals surface area contributed by atoms with Crippen molar-refractivity contribution in [3.05, 3.63) is 117 Å². The molecule has 0 aliphatic heterocycles. The van der Waals surface area contributed by atoms with Crippen LogP contribution >= 0.6 is 0 Å². The lowest BCUT2D eigenvalue weighted by atomic mass is 9.82. The molecule has 0 bridgehead atoms. The van der Waals surface area contributed by atoms with Gasteiger partial charge >= 0.3 is 11.7 Å². The molecule has 4 N–H and O–H groups in total. The number of carboxylic acid groups (broad SMARTS) is 1. The number of aromatic nitrogens is 2. The Balaban J connectivity index is 1.41. The van der Waals surface area contributed by atoms with E-state index in [2.05, 4.69) is 15.6 Å². The number of fused-ring (bicyclic) bond motifs is 1. The summed E-state index contributed by atoms with van der Waals surface area (Å²) in [6.45, 7) is 0.365. The Bertz CT molecular complexity index is 1730. The van der Waals surface area contributed by atoms with Crippen molar-refractivity contribution in [1.82, 2.24) is 20.2 Å². The van der Waals surface area contributed by atoms with Gasteiger partial charge in [-0.2, -0.15) is 0 Å². The Labute approximate surface area is 254 Å². The number of hydrogen-bond acceptors (Lipinski definition) is 5. The van der Waals surface area contributed by atoms with Crippen molar-refractivity contribution in [3.63, 3.8) is 0 Å². The first-order valence-corrected chi connectivity index (χ1v) is 14.9. The molecule has 0 saturated heterocycles. The van der Waals surface area contributed by atoms with E-state index in [4.69, 9.17) is 0 Å². The summed E-state index contributed by atoms with van der Waals surface area (Å²) in [5.74, 6) is -2.01. The minimum absolute atomic E-state index is 0.0560. The molecular weight excluding hydrogens is 560 g/mol. The minimum atomic E-state index is -1.23. The van der Waals surface area contributed by atoms with Crippen molar-refractivity contribution in [3.8, 4) is 0 Å². The van der Waals surface area contributed by atoms with E-state index in [1.807, 2.05) is 60.7 Å². The molecule has 44 heavy (non-hydrogen) atoms. The number of para-hydroxylation sites is 1. The fraction of sp³-hybridized carbons (Fsp3) is 0.324. The van der Waals surface area contributed by atoms with Crippen LogP contribution in [0.15, 0.2) is 94.5 Å². The second-order valence-corrected chi connectivity index (χ2v) is 11.4. The number of amides is 2. The highest BCUT2D eigenvalue weighted by Gasteiger charge is 2.31. The van der Waals surface area contributed by atoms with Gasteiger partial charge < -0.3 is 20.7 Å². The Kier molecular flexibility index (Phi) is 9.69. The number of H-pyrrole nitrogens is 1. The third-order valence-electron chi connectivity index (χ3n) is 8.40. The number of rotatable bonds is 11. The van der Waals surface area contributed by atoms with E-state index in [9.17, 15) is 29.1 Å². The molecule has 1 aliphatic carbocycles. The SMILES string of the molecule is O=C(O)C1CCC(CNC(=O)[C@H](Cc2ccccc2)NC(=O)[C@H](Cc2ccccc2)n2c(=O)[nH]c3ccccc3c2=O)CC1. The largest absolute Gasteiger partial charge is 0.481 e. The highest BCUT2D eigenvalue weighted by Crippen LogP contribution is 2.28. The lowest BCUT2D eigenvalue weighted by molar-refractivity contribution is -0.143. The zero-order valence-electron chi connectivity index (χ0n) is 24.3. The van der Waals surface area contributed by atoms with Gasteiger partial charge in [0.2, 0.25) is 11.8 Å². The molecule has 0 spiro atoms. The first kappa shape index (κ1) is 30.5. The van der Waals surface area contributed by atoms with Crippen LogP contribution in [0.2, 0.25) is 0 Å². The molecule has 10 heteroatoms. The molecule has 2 atom stereocenters. The zero-order chi connectivity index (χ0) is 31.1. The third-order valence-corrected chi connectivity index (χ3v) is 8.40. The van der Waals surface area contributed by atoms with Crippen LogP contribution in [0.4, 0.5) is 0 Å². The molecule has 5 rings (SSSR count).